The summed E-state index contributed by atoms with van der Waals surface area (Å²) < 4.78 is 65.2. The Morgan fingerprint density at radius 3 is 2.41 bits per heavy atom. The van der Waals surface area contributed by atoms with Gasteiger partial charge >= 0.3 is 6.18 Å². The van der Waals surface area contributed by atoms with E-state index in [4.69, 9.17) is 0 Å². The van der Waals surface area contributed by atoms with Gasteiger partial charge < -0.3 is 4.90 Å². The Morgan fingerprint density at radius 1 is 1.14 bits per heavy atom. The molecule has 0 radical (unpaired) electrons. The Hall–Kier alpha value is -2.49. The van der Waals surface area contributed by atoms with Gasteiger partial charge in [-0.2, -0.15) is 18.3 Å². The number of rotatable bonds is 5. The van der Waals surface area contributed by atoms with Crippen molar-refractivity contribution < 1.29 is 26.7 Å². The molecular weight excluding hydrogens is 395 g/mol. The van der Waals surface area contributed by atoms with Gasteiger partial charge in [0.05, 0.1) is 5.56 Å². The lowest BCUT2D eigenvalue weighted by Crippen LogP contribution is -2.49. The Labute approximate surface area is 164 Å². The third kappa shape index (κ3) is 5.31. The van der Waals surface area contributed by atoms with Gasteiger partial charge in [-0.05, 0) is 24.6 Å². The number of aryl methyl sites for hydroxylation is 1. The zero-order valence-electron chi connectivity index (χ0n) is 15.8. The Balaban J connectivity index is 1.53. The minimum Gasteiger partial charge on any atom is -0.339 e. The molecule has 0 N–H and O–H groups in total. The molecule has 0 saturated carbocycles. The third-order valence-corrected chi connectivity index (χ3v) is 4.89. The van der Waals surface area contributed by atoms with Crippen LogP contribution in [0.1, 0.15) is 28.9 Å². The summed E-state index contributed by atoms with van der Waals surface area (Å²) in [6.07, 6.45) is -7.07. The Bertz CT molecular complexity index is 857. The summed E-state index contributed by atoms with van der Waals surface area (Å²) in [5.74, 6) is -0.226. The maximum Gasteiger partial charge on any atom is 0.416 e. The van der Waals surface area contributed by atoms with Crippen molar-refractivity contribution in [3.8, 4) is 0 Å². The maximum absolute atomic E-state index is 12.8. The first kappa shape index (κ1) is 21.2. The van der Waals surface area contributed by atoms with Crippen molar-refractivity contribution in [2.24, 2.45) is 0 Å². The highest BCUT2D eigenvalue weighted by Crippen LogP contribution is 2.29. The molecule has 10 heteroatoms. The summed E-state index contributed by atoms with van der Waals surface area (Å²) in [7, 11) is 0. The van der Waals surface area contributed by atoms with Crippen molar-refractivity contribution >= 4 is 5.91 Å². The van der Waals surface area contributed by atoms with Gasteiger partial charge in [0.15, 0.2) is 0 Å². The predicted octanol–water partition coefficient (Wildman–Crippen LogP) is 3.49. The van der Waals surface area contributed by atoms with E-state index in [2.05, 4.69) is 5.10 Å². The zero-order chi connectivity index (χ0) is 21.2. The van der Waals surface area contributed by atoms with Crippen LogP contribution in [0.4, 0.5) is 22.0 Å². The number of amides is 1. The highest BCUT2D eigenvalue weighted by Gasteiger charge is 2.30. The molecular formula is C19H21F5N4O. The Morgan fingerprint density at radius 2 is 1.83 bits per heavy atom. The number of nitrogens with zero attached hydrogens (tertiary/aromatic N) is 4. The molecule has 158 valence electrons. The van der Waals surface area contributed by atoms with Crippen molar-refractivity contribution in [2.75, 3.05) is 26.2 Å². The van der Waals surface area contributed by atoms with Gasteiger partial charge in [0.1, 0.15) is 12.2 Å². The summed E-state index contributed by atoms with van der Waals surface area (Å²) in [6, 6.07) is 6.46. The zero-order valence-corrected chi connectivity index (χ0v) is 15.8. The van der Waals surface area contributed by atoms with Crippen LogP contribution in [0, 0.1) is 6.92 Å². The molecule has 1 amide bonds. The van der Waals surface area contributed by atoms with Crippen molar-refractivity contribution in [1.29, 1.82) is 0 Å². The van der Waals surface area contributed by atoms with Crippen LogP contribution in [0.5, 0.6) is 0 Å². The molecule has 29 heavy (non-hydrogen) atoms. The van der Waals surface area contributed by atoms with E-state index in [1.165, 1.54) is 16.8 Å². The molecule has 0 atom stereocenters. The van der Waals surface area contributed by atoms with Gasteiger partial charge in [0.2, 0.25) is 5.91 Å². The molecule has 1 saturated heterocycles. The third-order valence-electron chi connectivity index (χ3n) is 4.89. The van der Waals surface area contributed by atoms with Crippen LogP contribution >= 0.6 is 0 Å². The van der Waals surface area contributed by atoms with E-state index in [1.807, 2.05) is 4.90 Å². The summed E-state index contributed by atoms with van der Waals surface area (Å²) in [6.45, 7) is 3.72. The minimum atomic E-state index is -4.38. The highest BCUT2D eigenvalue weighted by molar-refractivity contribution is 5.76. The highest BCUT2D eigenvalue weighted by atomic mass is 19.4. The number of benzene rings is 1. The molecule has 1 aliphatic heterocycles. The summed E-state index contributed by atoms with van der Waals surface area (Å²) >= 11 is 0. The number of piperazine rings is 1. The number of hydrogen-bond donors (Lipinski definition) is 0. The normalized spacial score (nSPS) is 15.9. The number of alkyl halides is 5. The second-order valence-electron chi connectivity index (χ2n) is 7.02. The molecule has 0 aliphatic carbocycles. The van der Waals surface area contributed by atoms with Gasteiger partial charge in [-0.15, -0.1) is 0 Å². The maximum atomic E-state index is 12.8. The van der Waals surface area contributed by atoms with E-state index in [-0.39, 0.29) is 18.1 Å². The average molecular weight is 416 g/mol. The van der Waals surface area contributed by atoms with Gasteiger partial charge in [0, 0.05) is 38.4 Å². The van der Waals surface area contributed by atoms with E-state index < -0.39 is 18.2 Å². The molecule has 3 rings (SSSR count). The smallest absolute Gasteiger partial charge is 0.339 e. The van der Waals surface area contributed by atoms with E-state index in [1.54, 1.807) is 17.9 Å². The van der Waals surface area contributed by atoms with Crippen LogP contribution in [0.25, 0.3) is 0 Å². The lowest BCUT2D eigenvalue weighted by atomic mass is 10.1. The lowest BCUT2D eigenvalue weighted by Gasteiger charge is -2.35. The van der Waals surface area contributed by atoms with Crippen LogP contribution < -0.4 is 0 Å². The quantitative estimate of drug-likeness (QED) is 0.701. The lowest BCUT2D eigenvalue weighted by molar-refractivity contribution is -0.138. The van der Waals surface area contributed by atoms with E-state index >= 15 is 0 Å². The first-order chi connectivity index (χ1) is 13.6. The van der Waals surface area contributed by atoms with Crippen LogP contribution in [0.15, 0.2) is 30.3 Å². The molecule has 1 aromatic heterocycles. The molecule has 5 nitrogen and oxygen atoms in total. The first-order valence-corrected chi connectivity index (χ1v) is 9.12. The molecule has 2 heterocycles. The average Bonchev–Trinajstić information content (AvgIpc) is 3.03. The second kappa shape index (κ2) is 8.48. The van der Waals surface area contributed by atoms with Gasteiger partial charge in [-0.1, -0.05) is 18.2 Å². The van der Waals surface area contributed by atoms with Crippen LogP contribution in [-0.4, -0.2) is 51.7 Å². The van der Waals surface area contributed by atoms with E-state index in [0.717, 1.165) is 12.1 Å². The molecule has 1 aliphatic rings. The van der Waals surface area contributed by atoms with Crippen LogP contribution in [0.2, 0.25) is 0 Å². The largest absolute Gasteiger partial charge is 0.416 e. The van der Waals surface area contributed by atoms with E-state index in [9.17, 15) is 26.7 Å². The second-order valence-corrected chi connectivity index (χ2v) is 7.02. The van der Waals surface area contributed by atoms with E-state index in [0.29, 0.717) is 44.0 Å². The van der Waals surface area contributed by atoms with Gasteiger partial charge in [-0.3, -0.25) is 14.4 Å². The van der Waals surface area contributed by atoms with Crippen molar-refractivity contribution in [2.45, 2.75) is 32.6 Å². The number of halogens is 5. The topological polar surface area (TPSA) is 41.4 Å². The van der Waals surface area contributed by atoms with Gasteiger partial charge in [-0.25, -0.2) is 8.78 Å². The Kier molecular flexibility index (Phi) is 6.21. The summed E-state index contributed by atoms with van der Waals surface area (Å²) in [5, 5.41) is 3.76. The summed E-state index contributed by atoms with van der Waals surface area (Å²) in [4.78, 5) is 16.0. The molecule has 2 aromatic rings. The number of carbonyl (C=O) groups is 1. The van der Waals surface area contributed by atoms with Crippen molar-refractivity contribution in [1.82, 2.24) is 19.6 Å². The number of aromatic nitrogens is 2. The molecule has 0 spiro atoms. The number of hydrogen-bond acceptors (Lipinski definition) is 3. The van der Waals surface area contributed by atoms with Gasteiger partial charge in [0.25, 0.3) is 6.43 Å². The molecule has 0 unspecified atom stereocenters. The monoisotopic (exact) mass is 416 g/mol. The number of carbonyl (C=O) groups excluding carboxylic acids is 1. The standard InChI is InChI=1S/C19H21F5N4O/c1-13-9-16(18(20)21)25-28(13)12-17(29)27-7-5-26(6-8-27)11-14-3-2-4-15(10-14)19(22,23)24/h2-4,9-10,18H,5-8,11-12H2,1H3. The summed E-state index contributed by atoms with van der Waals surface area (Å²) in [5.41, 5.74) is 0.00547. The van der Waals surface area contributed by atoms with Crippen LogP contribution in [-0.2, 0) is 24.1 Å². The SMILES string of the molecule is Cc1cc(C(F)F)nn1CC(=O)N1CCN(Cc2cccc(C(F)(F)F)c2)CC1. The van der Waals surface area contributed by atoms with Crippen molar-refractivity contribution in [3.63, 3.8) is 0 Å². The van der Waals surface area contributed by atoms with Crippen LogP contribution in [0.3, 0.4) is 0 Å². The fourth-order valence-corrected chi connectivity index (χ4v) is 3.29. The molecule has 1 aromatic carbocycles. The fraction of sp³-hybridized carbons (Fsp3) is 0.474. The molecule has 1 fully saturated rings. The minimum absolute atomic E-state index is 0.119. The molecule has 0 bridgehead atoms. The predicted molar refractivity (Wildman–Crippen MR) is 95.2 cm³/mol. The van der Waals surface area contributed by atoms with Crippen molar-refractivity contribution in [3.05, 3.63) is 52.8 Å². The fourth-order valence-electron chi connectivity index (χ4n) is 3.29. The first-order valence-electron chi connectivity index (χ1n) is 9.12.